The molecule has 2 N–H and O–H groups in total. The minimum atomic E-state index is -3.90. The van der Waals surface area contributed by atoms with Gasteiger partial charge in [-0.15, -0.1) is 0 Å². The summed E-state index contributed by atoms with van der Waals surface area (Å²) >= 11 is 5.84. The van der Waals surface area contributed by atoms with Crippen LogP contribution in [-0.4, -0.2) is 41.4 Å². The van der Waals surface area contributed by atoms with Crippen molar-refractivity contribution in [3.8, 4) is 0 Å². The van der Waals surface area contributed by atoms with Crippen LogP contribution in [0.1, 0.15) is 17.3 Å². The Morgan fingerprint density at radius 1 is 1.00 bits per heavy atom. The highest BCUT2D eigenvalue weighted by Crippen LogP contribution is 2.17. The molecule has 0 saturated carbocycles. The lowest BCUT2D eigenvalue weighted by molar-refractivity contribution is -0.123. The van der Waals surface area contributed by atoms with E-state index in [2.05, 4.69) is 25.0 Å². The lowest BCUT2D eigenvalue weighted by Crippen LogP contribution is -2.30. The maximum atomic E-state index is 12.4. The maximum absolute atomic E-state index is 12.4. The molecule has 0 saturated heterocycles. The van der Waals surface area contributed by atoms with Crippen LogP contribution in [0, 0.1) is 0 Å². The van der Waals surface area contributed by atoms with Gasteiger partial charge >= 0.3 is 5.97 Å². The number of amides is 1. The fourth-order valence-electron chi connectivity index (χ4n) is 2.31. The van der Waals surface area contributed by atoms with Gasteiger partial charge in [0.2, 0.25) is 5.95 Å². The van der Waals surface area contributed by atoms with Crippen molar-refractivity contribution in [2.24, 2.45) is 0 Å². The molecule has 0 spiro atoms. The predicted molar refractivity (Wildman–Crippen MR) is 112 cm³/mol. The van der Waals surface area contributed by atoms with Gasteiger partial charge in [-0.1, -0.05) is 11.6 Å². The highest BCUT2D eigenvalue weighted by atomic mass is 35.5. The average Bonchev–Trinajstić information content (AvgIpc) is 2.74. The van der Waals surface area contributed by atoms with Gasteiger partial charge in [0.15, 0.2) is 6.10 Å². The van der Waals surface area contributed by atoms with E-state index in [4.69, 9.17) is 16.3 Å². The van der Waals surface area contributed by atoms with Crippen LogP contribution < -0.4 is 10.0 Å². The Hall–Kier alpha value is -3.57. The lowest BCUT2D eigenvalue weighted by Gasteiger charge is -2.14. The number of nitrogens with zero attached hydrogens (tertiary/aromatic N) is 3. The van der Waals surface area contributed by atoms with E-state index in [1.807, 2.05) is 0 Å². The second-order valence-corrected chi connectivity index (χ2v) is 8.12. The van der Waals surface area contributed by atoms with Crippen molar-refractivity contribution in [2.45, 2.75) is 17.9 Å². The zero-order valence-electron chi connectivity index (χ0n) is 16.0. The third kappa shape index (κ3) is 5.74. The molecule has 1 amide bonds. The Bertz CT molecular complexity index is 1190. The number of ether oxygens (including phenoxy) is 1. The largest absolute Gasteiger partial charge is 0.449 e. The summed E-state index contributed by atoms with van der Waals surface area (Å²) in [4.78, 5) is 35.8. The molecular weight excluding hydrogens is 446 g/mol. The zero-order valence-corrected chi connectivity index (χ0v) is 17.6. The predicted octanol–water partition coefficient (Wildman–Crippen LogP) is 2.51. The molecule has 0 fully saturated rings. The summed E-state index contributed by atoms with van der Waals surface area (Å²) in [6.07, 6.45) is 3.09. The van der Waals surface area contributed by atoms with E-state index in [-0.39, 0.29) is 21.6 Å². The average molecular weight is 462 g/mol. The van der Waals surface area contributed by atoms with Gasteiger partial charge in [0.25, 0.3) is 15.9 Å². The number of carbonyl (C=O) groups is 2. The number of aromatic nitrogens is 3. The van der Waals surface area contributed by atoms with Gasteiger partial charge in [-0.2, -0.15) is 0 Å². The minimum Gasteiger partial charge on any atom is -0.449 e. The first kappa shape index (κ1) is 22.1. The van der Waals surface area contributed by atoms with E-state index in [1.165, 1.54) is 61.9 Å². The van der Waals surface area contributed by atoms with Crippen molar-refractivity contribution >= 4 is 45.1 Å². The second-order valence-electron chi connectivity index (χ2n) is 6.08. The molecule has 0 aliphatic carbocycles. The Labute approximate surface area is 182 Å². The molecule has 3 aromatic rings. The molecule has 1 aromatic carbocycles. The van der Waals surface area contributed by atoms with Crippen LogP contribution in [0.25, 0.3) is 0 Å². The summed E-state index contributed by atoms with van der Waals surface area (Å²) in [7, 11) is -3.90. The smallest absolute Gasteiger partial charge is 0.342 e. The molecule has 1 atom stereocenters. The lowest BCUT2D eigenvalue weighted by atomic mass is 10.2. The summed E-state index contributed by atoms with van der Waals surface area (Å²) in [6.45, 7) is 1.39. The molecule has 0 aliphatic rings. The number of esters is 1. The van der Waals surface area contributed by atoms with E-state index < -0.39 is 28.0 Å². The number of sulfonamides is 1. The van der Waals surface area contributed by atoms with E-state index in [0.717, 1.165) is 0 Å². The van der Waals surface area contributed by atoms with Gasteiger partial charge in [0, 0.05) is 24.3 Å². The Morgan fingerprint density at radius 2 is 1.65 bits per heavy atom. The van der Waals surface area contributed by atoms with Crippen molar-refractivity contribution in [3.63, 3.8) is 0 Å². The Balaban J connectivity index is 1.62. The number of nitrogens with one attached hydrogen (secondary N) is 2. The van der Waals surface area contributed by atoms with Crippen LogP contribution in [0.3, 0.4) is 0 Å². The summed E-state index contributed by atoms with van der Waals surface area (Å²) in [6, 6.07) is 9.88. The first-order valence-corrected chi connectivity index (χ1v) is 10.6. The fourth-order valence-corrected chi connectivity index (χ4v) is 3.46. The number of benzene rings is 1. The molecular formula is C19H16ClN5O5S. The van der Waals surface area contributed by atoms with E-state index in [0.29, 0.717) is 5.69 Å². The van der Waals surface area contributed by atoms with Crippen LogP contribution in [0.2, 0.25) is 5.15 Å². The molecule has 0 aliphatic heterocycles. The molecule has 10 nitrogen and oxygen atoms in total. The molecule has 31 heavy (non-hydrogen) atoms. The summed E-state index contributed by atoms with van der Waals surface area (Å²) in [5.74, 6) is -1.47. The van der Waals surface area contributed by atoms with Crippen molar-refractivity contribution in [2.75, 3.05) is 10.0 Å². The monoisotopic (exact) mass is 461 g/mol. The van der Waals surface area contributed by atoms with Crippen LogP contribution in [0.15, 0.2) is 66.0 Å². The molecule has 0 bridgehead atoms. The molecule has 160 valence electrons. The number of anilines is 2. The summed E-state index contributed by atoms with van der Waals surface area (Å²) < 4.78 is 32.1. The first-order valence-electron chi connectivity index (χ1n) is 8.78. The highest BCUT2D eigenvalue weighted by Gasteiger charge is 2.21. The van der Waals surface area contributed by atoms with E-state index >= 15 is 0 Å². The standard InChI is InChI=1S/C19H16ClN5O5S/c1-12(30-18(27)15-4-2-9-21-16(15)20)17(26)24-13-5-7-14(8-6-13)31(28,29)25-19-22-10-3-11-23-19/h2-12H,1H3,(H,24,26)(H,22,23,25). The normalized spacial score (nSPS) is 11.9. The number of hydrogen-bond acceptors (Lipinski definition) is 8. The Morgan fingerprint density at radius 3 is 2.29 bits per heavy atom. The third-order valence-corrected chi connectivity index (χ3v) is 5.50. The van der Waals surface area contributed by atoms with Crippen LogP contribution in [-0.2, 0) is 19.6 Å². The molecule has 3 rings (SSSR count). The number of hydrogen-bond donors (Lipinski definition) is 2. The molecule has 1 unspecified atom stereocenters. The van der Waals surface area contributed by atoms with Crippen LogP contribution >= 0.6 is 11.6 Å². The second kappa shape index (κ2) is 9.49. The zero-order chi connectivity index (χ0) is 22.4. The van der Waals surface area contributed by atoms with Gasteiger partial charge in [0.1, 0.15) is 5.15 Å². The van der Waals surface area contributed by atoms with Gasteiger partial charge in [-0.05, 0) is 49.4 Å². The van der Waals surface area contributed by atoms with Crippen molar-refractivity contribution < 1.29 is 22.7 Å². The summed E-state index contributed by atoms with van der Waals surface area (Å²) in [5.41, 5.74) is 0.343. The molecule has 12 heteroatoms. The van der Waals surface area contributed by atoms with Gasteiger partial charge in [-0.3, -0.25) is 4.79 Å². The van der Waals surface area contributed by atoms with Crippen molar-refractivity contribution in [1.82, 2.24) is 15.0 Å². The Kier molecular flexibility index (Phi) is 6.78. The van der Waals surface area contributed by atoms with E-state index in [9.17, 15) is 18.0 Å². The number of halogens is 1. The van der Waals surface area contributed by atoms with Gasteiger partial charge in [0.05, 0.1) is 10.5 Å². The summed E-state index contributed by atoms with van der Waals surface area (Å²) in [5, 5.41) is 2.50. The van der Waals surface area contributed by atoms with E-state index in [1.54, 1.807) is 6.07 Å². The number of carbonyl (C=O) groups excluding carboxylic acids is 2. The SMILES string of the molecule is CC(OC(=O)c1cccnc1Cl)C(=O)Nc1ccc(S(=O)(=O)Nc2ncccn2)cc1. The van der Waals surface area contributed by atoms with Crippen LogP contribution in [0.4, 0.5) is 11.6 Å². The first-order chi connectivity index (χ1) is 14.8. The van der Waals surface area contributed by atoms with Crippen molar-refractivity contribution in [3.05, 3.63) is 71.8 Å². The van der Waals surface area contributed by atoms with Crippen LogP contribution in [0.5, 0.6) is 0 Å². The minimum absolute atomic E-state index is 0.0354. The molecule has 2 aromatic heterocycles. The van der Waals surface area contributed by atoms with Gasteiger partial charge in [-0.25, -0.2) is 32.9 Å². The van der Waals surface area contributed by atoms with Gasteiger partial charge < -0.3 is 10.1 Å². The number of pyridine rings is 1. The fraction of sp³-hybridized carbons (Fsp3) is 0.105. The van der Waals surface area contributed by atoms with Crippen molar-refractivity contribution in [1.29, 1.82) is 0 Å². The quantitative estimate of drug-likeness (QED) is 0.404. The third-order valence-electron chi connectivity index (χ3n) is 3.86. The highest BCUT2D eigenvalue weighted by molar-refractivity contribution is 7.92. The number of rotatable bonds is 7. The molecule has 0 radical (unpaired) electrons. The molecule has 2 heterocycles. The topological polar surface area (TPSA) is 140 Å². The maximum Gasteiger partial charge on any atom is 0.342 e.